The maximum atomic E-state index is 12.5. The first-order valence-corrected chi connectivity index (χ1v) is 12.0. The summed E-state index contributed by atoms with van der Waals surface area (Å²) in [4.78, 5) is 16.8. The zero-order valence-electron chi connectivity index (χ0n) is 17.0. The molecular formula is C22H20N4O4S2. The molecule has 0 saturated heterocycles. The van der Waals surface area contributed by atoms with E-state index in [0.717, 1.165) is 10.4 Å². The first-order chi connectivity index (χ1) is 15.4. The van der Waals surface area contributed by atoms with Crippen molar-refractivity contribution in [2.24, 2.45) is 0 Å². The lowest BCUT2D eigenvalue weighted by Gasteiger charge is -2.08. The molecule has 2 amide bonds. The van der Waals surface area contributed by atoms with Crippen LogP contribution in [-0.2, 0) is 10.0 Å². The van der Waals surface area contributed by atoms with Crippen molar-refractivity contribution < 1.29 is 17.9 Å². The lowest BCUT2D eigenvalue weighted by atomic mass is 10.3. The summed E-state index contributed by atoms with van der Waals surface area (Å²) in [6.45, 7) is 2.47. The number of carbonyl (C=O) groups excluding carboxylic acids is 1. The van der Waals surface area contributed by atoms with Gasteiger partial charge in [-0.25, -0.2) is 18.2 Å². The first kappa shape index (κ1) is 21.6. The van der Waals surface area contributed by atoms with E-state index in [1.165, 1.54) is 23.5 Å². The average molecular weight is 469 g/mol. The number of hydrogen-bond acceptors (Lipinski definition) is 6. The van der Waals surface area contributed by atoms with Gasteiger partial charge in [0.05, 0.1) is 21.7 Å². The fourth-order valence-electron chi connectivity index (χ4n) is 2.92. The highest BCUT2D eigenvalue weighted by atomic mass is 32.2. The fraction of sp³-hybridized carbons (Fsp3) is 0.0909. The Morgan fingerprint density at radius 3 is 2.38 bits per heavy atom. The maximum Gasteiger partial charge on any atom is 0.323 e. The highest BCUT2D eigenvalue weighted by Crippen LogP contribution is 2.29. The number of amides is 2. The summed E-state index contributed by atoms with van der Waals surface area (Å²) < 4.78 is 33.7. The molecule has 3 aromatic carbocycles. The molecular weight excluding hydrogens is 448 g/mol. The second kappa shape index (κ2) is 9.25. The molecule has 1 heterocycles. The Morgan fingerprint density at radius 1 is 0.969 bits per heavy atom. The van der Waals surface area contributed by atoms with Crippen molar-refractivity contribution in [1.82, 2.24) is 4.98 Å². The van der Waals surface area contributed by atoms with E-state index in [9.17, 15) is 13.2 Å². The van der Waals surface area contributed by atoms with Gasteiger partial charge in [-0.1, -0.05) is 29.5 Å². The molecule has 8 nitrogen and oxygen atoms in total. The largest absolute Gasteiger partial charge is 0.494 e. The first-order valence-electron chi connectivity index (χ1n) is 9.72. The topological polar surface area (TPSA) is 109 Å². The number of anilines is 3. The molecule has 0 aliphatic heterocycles. The molecule has 4 rings (SSSR count). The SMILES string of the molecule is CCOc1ccc(NC(=O)Nc2ccc3sc(NS(=O)(=O)c4ccccc4)nc3c2)cc1. The zero-order chi connectivity index (χ0) is 22.6. The predicted octanol–water partition coefficient (Wildman–Crippen LogP) is 5.14. The monoisotopic (exact) mass is 468 g/mol. The molecule has 3 N–H and O–H groups in total. The Balaban J connectivity index is 1.44. The highest BCUT2D eigenvalue weighted by molar-refractivity contribution is 7.93. The van der Waals surface area contributed by atoms with E-state index >= 15 is 0 Å². The van der Waals surface area contributed by atoms with E-state index < -0.39 is 16.1 Å². The van der Waals surface area contributed by atoms with Crippen LogP contribution in [0.3, 0.4) is 0 Å². The molecule has 0 atom stereocenters. The highest BCUT2D eigenvalue weighted by Gasteiger charge is 2.16. The van der Waals surface area contributed by atoms with E-state index in [-0.39, 0.29) is 10.0 Å². The van der Waals surface area contributed by atoms with E-state index in [1.807, 2.05) is 6.92 Å². The quantitative estimate of drug-likeness (QED) is 0.348. The molecule has 0 spiro atoms. The average Bonchev–Trinajstić information content (AvgIpc) is 3.16. The molecule has 0 aliphatic carbocycles. The second-order valence-electron chi connectivity index (χ2n) is 6.66. The van der Waals surface area contributed by atoms with Gasteiger partial charge in [-0.2, -0.15) is 0 Å². The number of urea groups is 1. The van der Waals surface area contributed by atoms with Gasteiger partial charge in [0.15, 0.2) is 5.13 Å². The van der Waals surface area contributed by atoms with Crippen molar-refractivity contribution in [2.75, 3.05) is 22.0 Å². The Labute approximate surface area is 189 Å². The van der Waals surface area contributed by atoms with Gasteiger partial charge < -0.3 is 15.4 Å². The van der Waals surface area contributed by atoms with Crippen molar-refractivity contribution in [3.8, 4) is 5.75 Å². The summed E-state index contributed by atoms with van der Waals surface area (Å²) in [5.41, 5.74) is 1.72. The minimum absolute atomic E-state index is 0.160. The minimum atomic E-state index is -3.72. The minimum Gasteiger partial charge on any atom is -0.494 e. The molecule has 0 fully saturated rings. The predicted molar refractivity (Wildman–Crippen MR) is 127 cm³/mol. The molecule has 0 unspecified atom stereocenters. The molecule has 164 valence electrons. The van der Waals surface area contributed by atoms with Crippen LogP contribution in [0.1, 0.15) is 6.92 Å². The van der Waals surface area contributed by atoms with Gasteiger partial charge in [0, 0.05) is 11.4 Å². The number of thiazole rings is 1. The number of hydrogen-bond donors (Lipinski definition) is 3. The third kappa shape index (κ3) is 5.16. The van der Waals surface area contributed by atoms with Gasteiger partial charge in [-0.3, -0.25) is 4.72 Å². The summed E-state index contributed by atoms with van der Waals surface area (Å²) in [5, 5.41) is 5.75. The number of rotatable bonds is 7. The van der Waals surface area contributed by atoms with Gasteiger partial charge in [-0.05, 0) is 61.5 Å². The lowest BCUT2D eigenvalue weighted by Crippen LogP contribution is -2.19. The van der Waals surface area contributed by atoms with Crippen molar-refractivity contribution in [3.63, 3.8) is 0 Å². The van der Waals surface area contributed by atoms with Crippen LogP contribution in [0.25, 0.3) is 10.2 Å². The number of carbonyl (C=O) groups is 1. The third-order valence-corrected chi connectivity index (χ3v) is 6.78. The Kier molecular flexibility index (Phi) is 6.24. The van der Waals surface area contributed by atoms with Crippen LogP contribution in [0.15, 0.2) is 77.7 Å². The molecule has 0 saturated carbocycles. The van der Waals surface area contributed by atoms with Gasteiger partial charge in [0.25, 0.3) is 10.0 Å². The van der Waals surface area contributed by atoms with Crippen molar-refractivity contribution in [2.45, 2.75) is 11.8 Å². The van der Waals surface area contributed by atoms with Gasteiger partial charge in [-0.15, -0.1) is 0 Å². The summed E-state index contributed by atoms with van der Waals surface area (Å²) in [6, 6.07) is 19.9. The summed E-state index contributed by atoms with van der Waals surface area (Å²) in [5.74, 6) is 0.728. The summed E-state index contributed by atoms with van der Waals surface area (Å²) >= 11 is 1.21. The van der Waals surface area contributed by atoms with Crippen molar-refractivity contribution >= 4 is 54.1 Å². The number of fused-ring (bicyclic) bond motifs is 1. The molecule has 4 aromatic rings. The normalized spacial score (nSPS) is 11.2. The van der Waals surface area contributed by atoms with E-state index in [4.69, 9.17) is 4.74 Å². The standard InChI is InChI=1S/C22H20N4O4S2/c1-2-30-17-11-8-15(9-12-17)23-21(27)24-16-10-13-20-19(14-16)25-22(31-20)26-32(28,29)18-6-4-3-5-7-18/h3-14H,2H2,1H3,(H,25,26)(H2,23,24,27). The molecule has 0 bridgehead atoms. The Bertz CT molecular complexity index is 1340. The van der Waals surface area contributed by atoms with Crippen LogP contribution >= 0.6 is 11.3 Å². The zero-order valence-corrected chi connectivity index (χ0v) is 18.7. The van der Waals surface area contributed by atoms with Crippen LogP contribution in [0.5, 0.6) is 5.75 Å². The van der Waals surface area contributed by atoms with Crippen LogP contribution in [0.2, 0.25) is 0 Å². The fourth-order valence-corrected chi connectivity index (χ4v) is 5.02. The molecule has 10 heteroatoms. The number of nitrogens with one attached hydrogen (secondary N) is 3. The van der Waals surface area contributed by atoms with Crippen molar-refractivity contribution in [1.29, 1.82) is 0 Å². The van der Waals surface area contributed by atoms with E-state index in [2.05, 4.69) is 20.3 Å². The van der Waals surface area contributed by atoms with Gasteiger partial charge in [0.1, 0.15) is 5.75 Å². The molecule has 1 aromatic heterocycles. The maximum absolute atomic E-state index is 12.5. The smallest absolute Gasteiger partial charge is 0.323 e. The molecule has 0 radical (unpaired) electrons. The number of aromatic nitrogens is 1. The number of ether oxygens (including phenoxy) is 1. The number of nitrogens with zero attached hydrogens (tertiary/aromatic N) is 1. The number of benzene rings is 3. The van der Waals surface area contributed by atoms with Gasteiger partial charge >= 0.3 is 6.03 Å². The van der Waals surface area contributed by atoms with Crippen LogP contribution in [0, 0.1) is 0 Å². The summed E-state index contributed by atoms with van der Waals surface area (Å²) in [7, 11) is -3.72. The summed E-state index contributed by atoms with van der Waals surface area (Å²) in [6.07, 6.45) is 0. The lowest BCUT2D eigenvalue weighted by molar-refractivity contribution is 0.262. The van der Waals surface area contributed by atoms with Gasteiger partial charge in [0.2, 0.25) is 0 Å². The molecule has 32 heavy (non-hydrogen) atoms. The molecule has 0 aliphatic rings. The van der Waals surface area contributed by atoms with Crippen LogP contribution < -0.4 is 20.1 Å². The van der Waals surface area contributed by atoms with Crippen molar-refractivity contribution in [3.05, 3.63) is 72.8 Å². The van der Waals surface area contributed by atoms with E-state index in [0.29, 0.717) is 23.5 Å². The van der Waals surface area contributed by atoms with Crippen LogP contribution in [-0.4, -0.2) is 26.0 Å². The Morgan fingerprint density at radius 2 is 1.66 bits per heavy atom. The van der Waals surface area contributed by atoms with Crippen LogP contribution in [0.4, 0.5) is 21.3 Å². The van der Waals surface area contributed by atoms with E-state index in [1.54, 1.807) is 60.7 Å². The second-order valence-corrected chi connectivity index (χ2v) is 9.37. The Hall–Kier alpha value is -3.63. The number of sulfonamides is 1. The third-order valence-electron chi connectivity index (χ3n) is 4.34.